The SMILES string of the molecule is Nc1c(NNC(=O)c2ccccc2Br)ncnc1NC1CCCCCC1. The minimum absolute atomic E-state index is 0.284. The molecule has 0 bridgehead atoms. The minimum atomic E-state index is -0.284. The lowest BCUT2D eigenvalue weighted by molar-refractivity contribution is 0.0961. The van der Waals surface area contributed by atoms with Crippen LogP contribution >= 0.6 is 15.9 Å². The number of carbonyl (C=O) groups is 1. The van der Waals surface area contributed by atoms with Gasteiger partial charge in [-0.25, -0.2) is 9.97 Å². The van der Waals surface area contributed by atoms with Crippen LogP contribution in [-0.4, -0.2) is 21.9 Å². The second kappa shape index (κ2) is 8.84. The number of nitrogens with one attached hydrogen (secondary N) is 3. The zero-order valence-electron chi connectivity index (χ0n) is 14.5. The number of anilines is 3. The Morgan fingerprint density at radius 1 is 1.08 bits per heavy atom. The molecule has 0 atom stereocenters. The maximum absolute atomic E-state index is 12.3. The first kappa shape index (κ1) is 18.4. The number of hydrazine groups is 1. The third-order valence-corrected chi connectivity index (χ3v) is 5.18. The topological polar surface area (TPSA) is 105 Å². The highest BCUT2D eigenvalue weighted by Crippen LogP contribution is 2.26. The Bertz CT molecular complexity index is 761. The summed E-state index contributed by atoms with van der Waals surface area (Å²) in [5.41, 5.74) is 12.5. The molecule has 0 radical (unpaired) electrons. The summed E-state index contributed by atoms with van der Waals surface area (Å²) in [7, 11) is 0. The van der Waals surface area contributed by atoms with Gasteiger partial charge in [0.25, 0.3) is 5.91 Å². The van der Waals surface area contributed by atoms with Gasteiger partial charge in [-0.3, -0.25) is 15.6 Å². The van der Waals surface area contributed by atoms with E-state index in [4.69, 9.17) is 5.73 Å². The Hall–Kier alpha value is -2.35. The molecule has 0 aliphatic heterocycles. The third kappa shape index (κ3) is 4.63. The zero-order valence-corrected chi connectivity index (χ0v) is 16.1. The fraction of sp³-hybridized carbons (Fsp3) is 0.389. The molecule has 138 valence electrons. The largest absolute Gasteiger partial charge is 0.393 e. The molecule has 0 saturated heterocycles. The molecule has 1 aromatic carbocycles. The first-order valence-electron chi connectivity index (χ1n) is 8.83. The third-order valence-electron chi connectivity index (χ3n) is 4.49. The van der Waals surface area contributed by atoms with Crippen molar-refractivity contribution in [1.29, 1.82) is 0 Å². The highest BCUT2D eigenvalue weighted by molar-refractivity contribution is 9.10. The highest BCUT2D eigenvalue weighted by Gasteiger charge is 2.16. The van der Waals surface area contributed by atoms with Gasteiger partial charge in [-0.1, -0.05) is 37.8 Å². The highest BCUT2D eigenvalue weighted by atomic mass is 79.9. The van der Waals surface area contributed by atoms with Crippen molar-refractivity contribution in [1.82, 2.24) is 15.4 Å². The number of hydrogen-bond donors (Lipinski definition) is 4. The first-order chi connectivity index (χ1) is 12.6. The maximum atomic E-state index is 12.3. The van der Waals surface area contributed by atoms with Gasteiger partial charge >= 0.3 is 0 Å². The number of nitrogen functional groups attached to an aromatic ring is 1. The van der Waals surface area contributed by atoms with Crippen molar-refractivity contribution in [3.8, 4) is 0 Å². The van der Waals surface area contributed by atoms with E-state index in [1.165, 1.54) is 32.0 Å². The summed E-state index contributed by atoms with van der Waals surface area (Å²) in [6.45, 7) is 0. The predicted molar refractivity (Wildman–Crippen MR) is 107 cm³/mol. The quantitative estimate of drug-likeness (QED) is 0.435. The molecule has 2 aromatic rings. The summed E-state index contributed by atoms with van der Waals surface area (Å²) < 4.78 is 0.714. The molecule has 7 nitrogen and oxygen atoms in total. The fourth-order valence-corrected chi connectivity index (χ4v) is 3.52. The van der Waals surface area contributed by atoms with Gasteiger partial charge in [-0.15, -0.1) is 0 Å². The molecule has 1 heterocycles. The zero-order chi connectivity index (χ0) is 18.4. The van der Waals surface area contributed by atoms with Gasteiger partial charge in [0.1, 0.15) is 12.0 Å². The lowest BCUT2D eigenvalue weighted by atomic mass is 10.1. The van der Waals surface area contributed by atoms with Crippen LogP contribution in [0.5, 0.6) is 0 Å². The van der Waals surface area contributed by atoms with Crippen molar-refractivity contribution < 1.29 is 4.79 Å². The second-order valence-electron chi connectivity index (χ2n) is 6.38. The Balaban J connectivity index is 1.65. The number of nitrogens with two attached hydrogens (primary N) is 1. The maximum Gasteiger partial charge on any atom is 0.270 e. The van der Waals surface area contributed by atoms with Crippen LogP contribution in [0.15, 0.2) is 35.1 Å². The standard InChI is InChI=1S/C18H23BrN6O/c19-14-10-6-5-9-13(14)18(26)25-24-17-15(20)16(21-11-22-17)23-12-7-3-1-2-4-8-12/h5-6,9-12H,1-4,7-8,20H2,(H,25,26)(H2,21,22,23,24). The number of halogens is 1. The minimum Gasteiger partial charge on any atom is -0.393 e. The molecule has 1 aliphatic carbocycles. The monoisotopic (exact) mass is 418 g/mol. The molecule has 1 saturated carbocycles. The summed E-state index contributed by atoms with van der Waals surface area (Å²) in [6.07, 6.45) is 8.67. The van der Waals surface area contributed by atoms with E-state index in [-0.39, 0.29) is 5.91 Å². The molecule has 1 amide bonds. The second-order valence-corrected chi connectivity index (χ2v) is 7.23. The number of carbonyl (C=O) groups excluding carboxylic acids is 1. The molecular weight excluding hydrogens is 396 g/mol. The van der Waals surface area contributed by atoms with Crippen molar-refractivity contribution in [2.45, 2.75) is 44.6 Å². The number of aromatic nitrogens is 2. The fourth-order valence-electron chi connectivity index (χ4n) is 3.06. The van der Waals surface area contributed by atoms with Crippen molar-refractivity contribution >= 4 is 39.2 Å². The molecule has 1 aliphatic rings. The van der Waals surface area contributed by atoms with E-state index in [1.54, 1.807) is 12.1 Å². The molecule has 8 heteroatoms. The van der Waals surface area contributed by atoms with Crippen molar-refractivity contribution in [2.24, 2.45) is 0 Å². The summed E-state index contributed by atoms with van der Waals surface area (Å²) in [5.74, 6) is 0.690. The summed E-state index contributed by atoms with van der Waals surface area (Å²) in [5, 5.41) is 3.42. The number of rotatable bonds is 5. The average molecular weight is 419 g/mol. The summed E-state index contributed by atoms with van der Waals surface area (Å²) in [6, 6.07) is 7.55. The predicted octanol–water partition coefficient (Wildman–Crippen LogP) is 3.71. The molecule has 1 aromatic heterocycles. The van der Waals surface area contributed by atoms with Gasteiger partial charge in [0, 0.05) is 10.5 Å². The van der Waals surface area contributed by atoms with Crippen molar-refractivity contribution in [2.75, 3.05) is 16.5 Å². The van der Waals surface area contributed by atoms with Crippen LogP contribution < -0.4 is 21.9 Å². The number of hydrogen-bond acceptors (Lipinski definition) is 6. The Morgan fingerprint density at radius 2 is 1.77 bits per heavy atom. The van der Waals surface area contributed by atoms with E-state index in [1.807, 2.05) is 12.1 Å². The van der Waals surface area contributed by atoms with Gasteiger partial charge < -0.3 is 11.1 Å². The van der Waals surface area contributed by atoms with Gasteiger partial charge in [-0.2, -0.15) is 0 Å². The van der Waals surface area contributed by atoms with Crippen LogP contribution in [0.4, 0.5) is 17.3 Å². The van der Waals surface area contributed by atoms with Crippen LogP contribution in [0.25, 0.3) is 0 Å². The summed E-state index contributed by atoms with van der Waals surface area (Å²) in [4.78, 5) is 20.7. The van der Waals surface area contributed by atoms with Crippen molar-refractivity contribution in [3.63, 3.8) is 0 Å². The van der Waals surface area contributed by atoms with Gasteiger partial charge in [0.15, 0.2) is 11.6 Å². The molecule has 0 spiro atoms. The Morgan fingerprint density at radius 3 is 2.50 bits per heavy atom. The van der Waals surface area contributed by atoms with E-state index in [0.717, 1.165) is 12.8 Å². The van der Waals surface area contributed by atoms with Crippen LogP contribution in [0, 0.1) is 0 Å². The van der Waals surface area contributed by atoms with Gasteiger partial charge in [0.05, 0.1) is 5.56 Å². The lowest BCUT2D eigenvalue weighted by Crippen LogP contribution is -2.31. The molecule has 3 rings (SSSR count). The molecular formula is C18H23BrN6O. The smallest absolute Gasteiger partial charge is 0.270 e. The number of nitrogens with zero attached hydrogens (tertiary/aromatic N) is 2. The van der Waals surface area contributed by atoms with Crippen LogP contribution in [-0.2, 0) is 0 Å². The normalized spacial score (nSPS) is 15.1. The van der Waals surface area contributed by atoms with E-state index in [0.29, 0.717) is 33.4 Å². The first-order valence-corrected chi connectivity index (χ1v) is 9.62. The summed E-state index contributed by atoms with van der Waals surface area (Å²) >= 11 is 3.36. The molecule has 5 N–H and O–H groups in total. The van der Waals surface area contributed by atoms with Gasteiger partial charge in [-0.05, 0) is 40.9 Å². The van der Waals surface area contributed by atoms with Crippen LogP contribution in [0.3, 0.4) is 0 Å². The van der Waals surface area contributed by atoms with E-state index in [2.05, 4.69) is 42.1 Å². The molecule has 0 unspecified atom stereocenters. The number of benzene rings is 1. The van der Waals surface area contributed by atoms with Crippen molar-refractivity contribution in [3.05, 3.63) is 40.6 Å². The van der Waals surface area contributed by atoms with Crippen LogP contribution in [0.1, 0.15) is 48.9 Å². The van der Waals surface area contributed by atoms with E-state index >= 15 is 0 Å². The lowest BCUT2D eigenvalue weighted by Gasteiger charge is -2.19. The Kier molecular flexibility index (Phi) is 6.27. The van der Waals surface area contributed by atoms with E-state index in [9.17, 15) is 4.79 Å². The van der Waals surface area contributed by atoms with Gasteiger partial charge in [0.2, 0.25) is 0 Å². The average Bonchev–Trinajstić information content (AvgIpc) is 2.91. The van der Waals surface area contributed by atoms with Crippen LogP contribution in [0.2, 0.25) is 0 Å². The number of amides is 1. The Labute approximate surface area is 161 Å². The molecule has 26 heavy (non-hydrogen) atoms. The van der Waals surface area contributed by atoms with E-state index < -0.39 is 0 Å². The molecule has 1 fully saturated rings.